The molecule has 1 atom stereocenters. The number of fused-ring (bicyclic) bond motifs is 1. The normalized spacial score (nSPS) is 19.3. The van der Waals surface area contributed by atoms with Gasteiger partial charge in [0.15, 0.2) is 0 Å². The van der Waals surface area contributed by atoms with E-state index in [0.29, 0.717) is 18.0 Å². The van der Waals surface area contributed by atoms with Crippen LogP contribution in [0.4, 0.5) is 10.5 Å². The van der Waals surface area contributed by atoms with E-state index in [2.05, 4.69) is 22.4 Å². The van der Waals surface area contributed by atoms with Crippen molar-refractivity contribution >= 4 is 46.2 Å². The number of hydrogen-bond acceptors (Lipinski definition) is 7. The van der Waals surface area contributed by atoms with E-state index in [1.54, 1.807) is 46.9 Å². The predicted molar refractivity (Wildman–Crippen MR) is 118 cm³/mol. The Labute approximate surface area is 187 Å². The van der Waals surface area contributed by atoms with Gasteiger partial charge in [0.2, 0.25) is 0 Å². The minimum atomic E-state index is -0.837. The van der Waals surface area contributed by atoms with Crippen LogP contribution in [0.3, 0.4) is 0 Å². The molecule has 1 fully saturated rings. The fourth-order valence-electron chi connectivity index (χ4n) is 4.07. The Hall–Kier alpha value is -3.01. The van der Waals surface area contributed by atoms with Crippen molar-refractivity contribution in [1.82, 2.24) is 9.80 Å². The highest BCUT2D eigenvalue weighted by molar-refractivity contribution is 7.10. The van der Waals surface area contributed by atoms with Gasteiger partial charge in [-0.1, -0.05) is 6.07 Å². The van der Waals surface area contributed by atoms with Crippen LogP contribution in [0, 0.1) is 0 Å². The van der Waals surface area contributed by atoms with E-state index in [4.69, 9.17) is 4.74 Å². The van der Waals surface area contributed by atoms with Gasteiger partial charge in [-0.2, -0.15) is 0 Å². The van der Waals surface area contributed by atoms with Crippen LogP contribution < -0.4 is 9.64 Å². The number of thiophene rings is 2. The minimum Gasteiger partial charge on any atom is -0.497 e. The van der Waals surface area contributed by atoms with Crippen molar-refractivity contribution in [3.63, 3.8) is 0 Å². The molecule has 0 N–H and O–H groups in total. The van der Waals surface area contributed by atoms with E-state index in [1.165, 1.54) is 17.6 Å². The number of rotatable bonds is 5. The zero-order chi connectivity index (χ0) is 21.5. The maximum atomic E-state index is 13.1. The summed E-state index contributed by atoms with van der Waals surface area (Å²) in [5.41, 5.74) is 1.55. The van der Waals surface area contributed by atoms with Gasteiger partial charge >= 0.3 is 17.8 Å². The summed E-state index contributed by atoms with van der Waals surface area (Å²) in [5, 5.41) is 4.10. The first-order valence-corrected chi connectivity index (χ1v) is 11.5. The van der Waals surface area contributed by atoms with E-state index < -0.39 is 17.8 Å². The van der Waals surface area contributed by atoms with Gasteiger partial charge in [0, 0.05) is 16.3 Å². The molecule has 4 heterocycles. The van der Waals surface area contributed by atoms with Crippen molar-refractivity contribution in [2.45, 2.75) is 12.5 Å². The fraction of sp³-hybridized carbons (Fsp3) is 0.227. The van der Waals surface area contributed by atoms with E-state index in [1.807, 2.05) is 11.4 Å². The number of methoxy groups -OCH3 is 1. The second-order valence-electron chi connectivity index (χ2n) is 7.28. The smallest absolute Gasteiger partial charge is 0.340 e. The summed E-state index contributed by atoms with van der Waals surface area (Å²) in [5.74, 6) is -1.04. The summed E-state index contributed by atoms with van der Waals surface area (Å²) in [7, 11) is 1.54. The quantitative estimate of drug-likeness (QED) is 0.435. The van der Waals surface area contributed by atoms with Gasteiger partial charge in [0.1, 0.15) is 5.75 Å². The number of amides is 4. The Bertz CT molecular complexity index is 1140. The molecule has 0 spiro atoms. The molecule has 0 unspecified atom stereocenters. The van der Waals surface area contributed by atoms with Gasteiger partial charge in [0.25, 0.3) is 0 Å². The molecule has 7 nitrogen and oxygen atoms in total. The van der Waals surface area contributed by atoms with E-state index in [-0.39, 0.29) is 12.7 Å². The Morgan fingerprint density at radius 2 is 1.81 bits per heavy atom. The van der Waals surface area contributed by atoms with Crippen LogP contribution in [-0.2, 0) is 16.0 Å². The third-order valence-corrected chi connectivity index (χ3v) is 7.51. The number of carbonyl (C=O) groups excluding carboxylic acids is 3. The summed E-state index contributed by atoms with van der Waals surface area (Å²) in [6, 6.07) is 12.0. The molecule has 1 saturated heterocycles. The van der Waals surface area contributed by atoms with Gasteiger partial charge in [-0.3, -0.25) is 14.5 Å². The van der Waals surface area contributed by atoms with Gasteiger partial charge in [0.05, 0.1) is 25.5 Å². The second-order valence-corrected chi connectivity index (χ2v) is 9.26. The van der Waals surface area contributed by atoms with Crippen molar-refractivity contribution in [3.8, 4) is 5.75 Å². The highest BCUT2D eigenvalue weighted by Crippen LogP contribution is 2.39. The molecule has 4 amide bonds. The minimum absolute atomic E-state index is 0.0410. The monoisotopic (exact) mass is 453 g/mol. The molecule has 1 aromatic carbocycles. The zero-order valence-corrected chi connectivity index (χ0v) is 18.3. The van der Waals surface area contributed by atoms with Gasteiger partial charge < -0.3 is 4.74 Å². The molecule has 0 radical (unpaired) electrons. The molecule has 0 saturated carbocycles. The Morgan fingerprint density at radius 1 is 1.00 bits per heavy atom. The summed E-state index contributed by atoms with van der Waals surface area (Å²) < 4.78 is 5.13. The highest BCUT2D eigenvalue weighted by Gasteiger charge is 2.47. The van der Waals surface area contributed by atoms with Crippen molar-refractivity contribution < 1.29 is 19.1 Å². The Kier molecular flexibility index (Phi) is 5.09. The maximum absolute atomic E-state index is 13.1. The third-order valence-electron chi connectivity index (χ3n) is 5.59. The molecular formula is C22H19N3O4S2. The Morgan fingerprint density at radius 3 is 2.52 bits per heavy atom. The molecule has 0 aliphatic carbocycles. The first kappa shape index (κ1) is 19.9. The molecule has 31 heavy (non-hydrogen) atoms. The molecular weight excluding hydrogens is 434 g/mol. The first-order chi connectivity index (χ1) is 15.1. The number of imide groups is 2. The number of benzene rings is 1. The molecule has 158 valence electrons. The number of urea groups is 1. The second kappa shape index (κ2) is 7.92. The summed E-state index contributed by atoms with van der Waals surface area (Å²) in [6.45, 7) is 0.762. The lowest BCUT2D eigenvalue weighted by Crippen LogP contribution is -2.46. The van der Waals surface area contributed by atoms with Crippen molar-refractivity contribution in [1.29, 1.82) is 0 Å². The summed E-state index contributed by atoms with van der Waals surface area (Å²) in [6.07, 6.45) is 0.848. The zero-order valence-electron chi connectivity index (χ0n) is 16.7. The van der Waals surface area contributed by atoms with Gasteiger partial charge in [-0.25, -0.2) is 14.6 Å². The highest BCUT2D eigenvalue weighted by atomic mass is 32.1. The lowest BCUT2D eigenvalue weighted by atomic mass is 9.99. The van der Waals surface area contributed by atoms with Crippen LogP contribution in [-0.4, -0.2) is 48.0 Å². The molecule has 3 aromatic rings. The molecule has 2 aliphatic rings. The molecule has 2 aliphatic heterocycles. The van der Waals surface area contributed by atoms with Crippen molar-refractivity contribution in [2.75, 3.05) is 25.2 Å². The molecule has 2 aromatic heterocycles. The summed E-state index contributed by atoms with van der Waals surface area (Å²) >= 11 is 3.38. The topological polar surface area (TPSA) is 70.2 Å². The van der Waals surface area contributed by atoms with Gasteiger partial charge in [-0.15, -0.1) is 22.7 Å². The van der Waals surface area contributed by atoms with Crippen LogP contribution in [0.5, 0.6) is 5.75 Å². The maximum Gasteiger partial charge on any atom is 0.340 e. The standard InChI is InChI=1S/C22H19N3O4S2/c1-29-15-6-4-14(5-7-15)25-21(27)20(26)24(22(25)28)13-23-10-8-17-16(9-12-31-17)19(23)18-3-2-11-30-18/h2-7,9,11-12,19H,8,10,13H2,1H3/t19-/m1/s1. The SMILES string of the molecule is COc1ccc(N2C(=O)C(=O)N(CN3CCc4sccc4[C@@H]3c3cccs3)C2=O)cc1. The van der Waals surface area contributed by atoms with Gasteiger partial charge in [-0.05, 0) is 59.1 Å². The third kappa shape index (κ3) is 3.34. The average Bonchev–Trinajstić information content (AvgIpc) is 3.52. The lowest BCUT2D eigenvalue weighted by Gasteiger charge is -2.36. The van der Waals surface area contributed by atoms with Crippen molar-refractivity contribution in [2.24, 2.45) is 0 Å². The molecule has 5 rings (SSSR count). The Balaban J connectivity index is 1.43. The van der Waals surface area contributed by atoms with Crippen LogP contribution >= 0.6 is 22.7 Å². The number of nitrogens with zero attached hydrogens (tertiary/aromatic N) is 3. The molecule has 9 heteroatoms. The van der Waals surface area contributed by atoms with Crippen LogP contribution in [0.15, 0.2) is 53.2 Å². The first-order valence-electron chi connectivity index (χ1n) is 9.76. The number of hydrogen-bond donors (Lipinski definition) is 0. The van der Waals surface area contributed by atoms with Crippen molar-refractivity contribution in [3.05, 3.63) is 68.5 Å². The van der Waals surface area contributed by atoms with Crippen LogP contribution in [0.1, 0.15) is 21.4 Å². The molecule has 0 bridgehead atoms. The largest absolute Gasteiger partial charge is 0.497 e. The van der Waals surface area contributed by atoms with E-state index in [0.717, 1.165) is 21.1 Å². The van der Waals surface area contributed by atoms with E-state index in [9.17, 15) is 14.4 Å². The van der Waals surface area contributed by atoms with Crippen LogP contribution in [0.2, 0.25) is 0 Å². The summed E-state index contributed by atoms with van der Waals surface area (Å²) in [4.78, 5) is 45.1. The fourth-order valence-corrected chi connectivity index (χ4v) is 5.85. The lowest BCUT2D eigenvalue weighted by molar-refractivity contribution is -0.140. The number of anilines is 1. The number of ether oxygens (including phenoxy) is 1. The van der Waals surface area contributed by atoms with Crippen LogP contribution in [0.25, 0.3) is 0 Å². The average molecular weight is 454 g/mol. The van der Waals surface area contributed by atoms with E-state index >= 15 is 0 Å². The predicted octanol–water partition coefficient (Wildman–Crippen LogP) is 3.72. The number of carbonyl (C=O) groups is 3.